The van der Waals surface area contributed by atoms with Gasteiger partial charge in [-0.3, -0.25) is 0 Å². The van der Waals surface area contributed by atoms with Crippen molar-refractivity contribution in [2.24, 2.45) is 0 Å². The van der Waals surface area contributed by atoms with Crippen LogP contribution in [0.2, 0.25) is 0 Å². The monoisotopic (exact) mass is 1650 g/mol. The molecule has 602 valence electrons. The molecule has 0 bridgehead atoms. The molecule has 0 spiro atoms. The maximum atomic E-state index is 6.37. The molecule has 0 unspecified atom stereocenters. The minimum Gasteiger partial charge on any atom is -0.456 e. The fraction of sp³-hybridized carbons (Fsp3) is 0. The number of para-hydroxylation sites is 10. The molecule has 0 aliphatic carbocycles. The van der Waals surface area contributed by atoms with Gasteiger partial charge in [-0.25, -0.2) is 0 Å². The van der Waals surface area contributed by atoms with E-state index in [4.69, 9.17) is 13.3 Å². The third kappa shape index (κ3) is 11.0. The lowest BCUT2D eigenvalue weighted by atomic mass is 10.1. The van der Waals surface area contributed by atoms with Crippen LogP contribution in [-0.2, 0) is 0 Å². The molecule has 0 N–H and O–H groups in total. The molecule has 0 amide bonds. The van der Waals surface area contributed by atoms with Gasteiger partial charge in [-0.05, 0) is 168 Å². The van der Waals surface area contributed by atoms with Gasteiger partial charge in [0.05, 0.1) is 66.2 Å². The molecule has 9 heteroatoms. The van der Waals surface area contributed by atoms with Crippen LogP contribution in [-0.4, -0.2) is 27.4 Å². The molecule has 0 saturated heterocycles. The predicted octanol–water partition coefficient (Wildman–Crippen LogP) is 32.7. The predicted molar refractivity (Wildman–Crippen MR) is 538 cm³/mol. The van der Waals surface area contributed by atoms with Crippen LogP contribution in [0.5, 0.6) is 0 Å². The first-order valence-corrected chi connectivity index (χ1v) is 44.0. The fourth-order valence-electron chi connectivity index (χ4n) is 21.2. The summed E-state index contributed by atoms with van der Waals surface area (Å²) >= 11 is 0. The molecule has 29 rings (SSSR count). The van der Waals surface area contributed by atoms with E-state index in [0.717, 1.165) is 99.9 Å². The SMILES string of the molecule is c1ccc(-c2ccc(-n3c4ccccc4c4c3ccc3c5ccccc5n(-c5ccc6c(c5)oc5ccccc56)c34)cc2)cc1.c1ccc(-c2cccc(-n3c4ccccc4c4c3ccc3c5ccccc5n(-c5ccc6c(c5)oc5ccccc56)c34)c2)cc1.c1ccc(-n2c3ccccc3c3c2ccc2c4ccccc4n(-c4ccc5c(c4)oc4ccccc45)c23)cc1. The summed E-state index contributed by atoms with van der Waals surface area (Å²) in [5.41, 5.74) is 31.3. The number of fused-ring (bicyclic) bond motifs is 30. The lowest BCUT2D eigenvalue weighted by Gasteiger charge is -2.11. The summed E-state index contributed by atoms with van der Waals surface area (Å²) in [6.45, 7) is 0. The van der Waals surface area contributed by atoms with Gasteiger partial charge in [-0.1, -0.05) is 285 Å². The zero-order valence-electron chi connectivity index (χ0n) is 69.6. The van der Waals surface area contributed by atoms with Crippen LogP contribution in [0.15, 0.2) is 462 Å². The Balaban J connectivity index is 0.000000100. The Hall–Kier alpha value is -17.4. The summed E-state index contributed by atoms with van der Waals surface area (Å²) in [7, 11) is 0. The first-order chi connectivity index (χ1) is 64.0. The Morgan fingerprint density at radius 3 is 0.736 bits per heavy atom. The molecule has 9 nitrogen and oxygen atoms in total. The number of hydrogen-bond acceptors (Lipinski definition) is 3. The Morgan fingerprint density at radius 2 is 0.364 bits per heavy atom. The van der Waals surface area contributed by atoms with E-state index in [1.807, 2.05) is 36.4 Å². The summed E-state index contributed by atoms with van der Waals surface area (Å²) in [6, 6.07) is 161. The number of aromatic nitrogens is 6. The quantitative estimate of drug-likeness (QED) is 0.152. The number of benzene rings is 20. The molecule has 9 aromatic heterocycles. The standard InChI is InChI=1S/2C42H26N2O.C36H22N2O/c1-2-11-27(12-3-1)28-13-10-14-29(25-28)43-37-19-8-5-17-35(37)41-38(43)24-23-34-31-15-4-7-18-36(31)44(42(34)41)30-21-22-33-32-16-6-9-20-39(32)45-40(33)26-30;1-2-10-27(11-3-1)28-18-20-29(21-19-28)43-37-16-8-5-14-35(37)41-38(43)25-24-34-31-12-4-7-15-36(31)44(42(34)41)30-22-23-33-32-13-6-9-17-39(32)45-40(33)26-30;1-2-10-23(11-3-1)37-31-16-8-5-14-29(31)35-32(37)21-20-28-25-12-4-7-15-30(25)38(36(28)35)24-18-19-27-26-13-6-9-17-33(26)39-34(27)22-24/h2*1-26H;1-22H. The van der Waals surface area contributed by atoms with Crippen LogP contribution in [0.1, 0.15) is 0 Å². The highest BCUT2D eigenvalue weighted by atomic mass is 16.3. The van der Waals surface area contributed by atoms with Crippen LogP contribution >= 0.6 is 0 Å². The average Bonchev–Trinajstić information content (AvgIpc) is 1.55. The number of rotatable bonds is 8. The van der Waals surface area contributed by atoms with E-state index >= 15 is 0 Å². The normalized spacial score (nSPS) is 12.0. The molecule has 0 aliphatic rings. The van der Waals surface area contributed by atoms with E-state index in [0.29, 0.717) is 0 Å². The van der Waals surface area contributed by atoms with Crippen LogP contribution in [0.4, 0.5) is 0 Å². The summed E-state index contributed by atoms with van der Waals surface area (Å²) < 4.78 is 33.5. The van der Waals surface area contributed by atoms with E-state index in [-0.39, 0.29) is 0 Å². The summed E-state index contributed by atoms with van der Waals surface area (Å²) in [5, 5.41) is 21.8. The second-order valence-corrected chi connectivity index (χ2v) is 33.7. The van der Waals surface area contributed by atoms with Crippen molar-refractivity contribution >= 4 is 197 Å². The smallest absolute Gasteiger partial charge is 0.137 e. The molecular weight excluding hydrogens is 1570 g/mol. The minimum absolute atomic E-state index is 0.895. The number of hydrogen-bond donors (Lipinski definition) is 0. The van der Waals surface area contributed by atoms with Crippen molar-refractivity contribution in [2.45, 2.75) is 0 Å². The van der Waals surface area contributed by atoms with Crippen molar-refractivity contribution in [1.82, 2.24) is 27.4 Å². The maximum absolute atomic E-state index is 6.37. The Labute approximate surface area is 737 Å². The summed E-state index contributed by atoms with van der Waals surface area (Å²) in [5.74, 6) is 0. The largest absolute Gasteiger partial charge is 0.456 e. The Bertz CT molecular complexity index is 9640. The van der Waals surface area contributed by atoms with Crippen LogP contribution in [0, 0.1) is 0 Å². The zero-order chi connectivity index (χ0) is 84.5. The van der Waals surface area contributed by atoms with Crippen molar-refractivity contribution in [3.05, 3.63) is 449 Å². The molecule has 129 heavy (non-hydrogen) atoms. The van der Waals surface area contributed by atoms with Gasteiger partial charge in [-0.15, -0.1) is 0 Å². The molecule has 0 radical (unpaired) electrons. The molecule has 0 fully saturated rings. The summed E-state index contributed by atoms with van der Waals surface area (Å²) in [6.07, 6.45) is 0. The highest BCUT2D eigenvalue weighted by Crippen LogP contribution is 2.49. The first-order valence-electron chi connectivity index (χ1n) is 44.0. The topological polar surface area (TPSA) is 69.0 Å². The van der Waals surface area contributed by atoms with E-state index in [1.54, 1.807) is 0 Å². The van der Waals surface area contributed by atoms with Crippen molar-refractivity contribution < 1.29 is 13.3 Å². The van der Waals surface area contributed by atoms with Crippen LogP contribution in [0.3, 0.4) is 0 Å². The molecule has 0 atom stereocenters. The van der Waals surface area contributed by atoms with Crippen LogP contribution < -0.4 is 0 Å². The van der Waals surface area contributed by atoms with Crippen molar-refractivity contribution in [2.75, 3.05) is 0 Å². The van der Waals surface area contributed by atoms with Crippen molar-refractivity contribution in [3.8, 4) is 56.4 Å². The van der Waals surface area contributed by atoms with Gasteiger partial charge < -0.3 is 40.7 Å². The third-order valence-electron chi connectivity index (χ3n) is 26.7. The molecule has 9 heterocycles. The third-order valence-corrected chi connectivity index (χ3v) is 26.7. The second kappa shape index (κ2) is 28.6. The number of furan rings is 3. The van der Waals surface area contributed by atoms with E-state index in [9.17, 15) is 0 Å². The molecule has 0 aliphatic heterocycles. The number of nitrogens with zero attached hydrogens (tertiary/aromatic N) is 6. The highest BCUT2D eigenvalue weighted by Gasteiger charge is 2.27. The van der Waals surface area contributed by atoms with E-state index in [1.165, 1.54) is 153 Å². The van der Waals surface area contributed by atoms with Gasteiger partial charge in [0, 0.05) is 149 Å². The second-order valence-electron chi connectivity index (χ2n) is 33.7. The Morgan fingerprint density at radius 1 is 0.124 bits per heavy atom. The van der Waals surface area contributed by atoms with Gasteiger partial charge in [-0.2, -0.15) is 0 Å². The van der Waals surface area contributed by atoms with Crippen LogP contribution in [0.25, 0.3) is 253 Å². The zero-order valence-corrected chi connectivity index (χ0v) is 69.6. The summed E-state index contributed by atoms with van der Waals surface area (Å²) in [4.78, 5) is 0. The maximum Gasteiger partial charge on any atom is 0.137 e. The average molecular weight is 1650 g/mol. The molecule has 0 saturated carbocycles. The van der Waals surface area contributed by atoms with E-state index in [2.05, 4.69) is 440 Å². The van der Waals surface area contributed by atoms with E-state index < -0.39 is 0 Å². The lowest BCUT2D eigenvalue weighted by Crippen LogP contribution is -1.95. The van der Waals surface area contributed by atoms with Gasteiger partial charge in [0.15, 0.2) is 0 Å². The van der Waals surface area contributed by atoms with Crippen molar-refractivity contribution in [1.29, 1.82) is 0 Å². The minimum atomic E-state index is 0.895. The highest BCUT2D eigenvalue weighted by molar-refractivity contribution is 6.30. The lowest BCUT2D eigenvalue weighted by molar-refractivity contribution is 0.668. The van der Waals surface area contributed by atoms with Gasteiger partial charge in [0.25, 0.3) is 0 Å². The molecule has 29 aromatic rings. The molecule has 20 aromatic carbocycles. The fourth-order valence-corrected chi connectivity index (χ4v) is 21.2. The van der Waals surface area contributed by atoms with Gasteiger partial charge >= 0.3 is 0 Å². The van der Waals surface area contributed by atoms with Gasteiger partial charge in [0.2, 0.25) is 0 Å². The van der Waals surface area contributed by atoms with Gasteiger partial charge in [0.1, 0.15) is 33.5 Å². The Kier molecular flexibility index (Phi) is 16.0. The van der Waals surface area contributed by atoms with Crippen molar-refractivity contribution in [3.63, 3.8) is 0 Å². The first kappa shape index (κ1) is 72.1. The molecular formula is C120H74N6O3.